The minimum Gasteiger partial charge on any atom is -0.493 e. The molecule has 1 aliphatic carbocycles. The zero-order valence-electron chi connectivity index (χ0n) is 17.8. The summed E-state index contributed by atoms with van der Waals surface area (Å²) in [5.74, 6) is -0.302. The van der Waals surface area contributed by atoms with Crippen LogP contribution in [0, 0.1) is 5.92 Å². The number of hydrogen-bond acceptors (Lipinski definition) is 5. The van der Waals surface area contributed by atoms with Crippen molar-refractivity contribution >= 4 is 17.8 Å². The van der Waals surface area contributed by atoms with Gasteiger partial charge in [-0.05, 0) is 49.3 Å². The van der Waals surface area contributed by atoms with Crippen LogP contribution in [-0.4, -0.2) is 60.5 Å². The van der Waals surface area contributed by atoms with Crippen molar-refractivity contribution in [1.82, 2.24) is 15.1 Å². The Kier molecular flexibility index (Phi) is 6.66. The van der Waals surface area contributed by atoms with Gasteiger partial charge in [0.1, 0.15) is 12.1 Å². The Bertz CT molecular complexity index is 855. The summed E-state index contributed by atoms with van der Waals surface area (Å²) in [5.41, 5.74) is -0.373. The Morgan fingerprint density at radius 2 is 1.97 bits per heavy atom. The van der Waals surface area contributed by atoms with Gasteiger partial charge in [-0.25, -0.2) is 4.79 Å². The van der Waals surface area contributed by atoms with Crippen molar-refractivity contribution in [3.63, 3.8) is 0 Å². The van der Waals surface area contributed by atoms with Gasteiger partial charge in [0, 0.05) is 13.6 Å². The first-order chi connectivity index (χ1) is 14.6. The summed E-state index contributed by atoms with van der Waals surface area (Å²) in [7, 11) is 2.84. The molecule has 0 bridgehead atoms. The van der Waals surface area contributed by atoms with E-state index in [1.54, 1.807) is 6.07 Å². The maximum atomic E-state index is 12.9. The van der Waals surface area contributed by atoms with Crippen LogP contribution in [0.25, 0.3) is 0 Å². The number of alkyl halides is 2. The predicted molar refractivity (Wildman–Crippen MR) is 107 cm³/mol. The van der Waals surface area contributed by atoms with Gasteiger partial charge in [-0.2, -0.15) is 8.78 Å². The van der Waals surface area contributed by atoms with Crippen molar-refractivity contribution in [2.75, 3.05) is 20.7 Å². The Hall–Kier alpha value is -2.91. The summed E-state index contributed by atoms with van der Waals surface area (Å²) in [6.45, 7) is -1.20. The number of benzene rings is 1. The summed E-state index contributed by atoms with van der Waals surface area (Å²) in [6, 6.07) is 3.89. The zero-order chi connectivity index (χ0) is 22.8. The maximum absolute atomic E-state index is 12.9. The summed E-state index contributed by atoms with van der Waals surface area (Å²) in [4.78, 5) is 40.3. The van der Waals surface area contributed by atoms with E-state index < -0.39 is 24.1 Å². The van der Waals surface area contributed by atoms with Crippen molar-refractivity contribution in [2.45, 2.75) is 51.3 Å². The van der Waals surface area contributed by atoms with Gasteiger partial charge >= 0.3 is 12.6 Å². The number of imide groups is 1. The highest BCUT2D eigenvalue weighted by Crippen LogP contribution is 2.36. The lowest BCUT2D eigenvalue weighted by Crippen LogP contribution is -2.50. The molecule has 1 heterocycles. The van der Waals surface area contributed by atoms with Crippen LogP contribution in [0.2, 0.25) is 0 Å². The third-order valence-corrected chi connectivity index (χ3v) is 5.96. The second kappa shape index (κ2) is 9.07. The molecule has 0 unspecified atom stereocenters. The lowest BCUT2D eigenvalue weighted by Gasteiger charge is -2.33. The average molecular weight is 439 g/mol. The van der Waals surface area contributed by atoms with Gasteiger partial charge in [-0.3, -0.25) is 14.5 Å². The van der Waals surface area contributed by atoms with E-state index in [1.165, 1.54) is 31.2 Å². The number of ether oxygens (including phenoxy) is 2. The van der Waals surface area contributed by atoms with E-state index >= 15 is 0 Å². The van der Waals surface area contributed by atoms with Crippen LogP contribution in [0.5, 0.6) is 11.5 Å². The van der Waals surface area contributed by atoms with E-state index in [4.69, 9.17) is 4.74 Å². The van der Waals surface area contributed by atoms with Crippen molar-refractivity contribution in [3.8, 4) is 11.5 Å². The number of likely N-dealkylation sites (N-methyl/N-ethyl adjacent to an activating group) is 1. The number of carbonyl (C=O) groups is 3. The van der Waals surface area contributed by atoms with Gasteiger partial charge in [-0.15, -0.1) is 0 Å². The molecular weight excluding hydrogens is 412 g/mol. The molecule has 0 atom stereocenters. The molecule has 1 aromatic rings. The van der Waals surface area contributed by atoms with Gasteiger partial charge < -0.3 is 19.7 Å². The number of amides is 4. The van der Waals surface area contributed by atoms with E-state index in [1.807, 2.05) is 0 Å². The molecule has 3 rings (SSSR count). The molecule has 1 aliphatic heterocycles. The predicted octanol–water partition coefficient (Wildman–Crippen LogP) is 2.76. The number of nitrogens with one attached hydrogen (secondary N) is 1. The quantitative estimate of drug-likeness (QED) is 0.660. The van der Waals surface area contributed by atoms with Crippen LogP contribution in [0.1, 0.15) is 38.2 Å². The third kappa shape index (κ3) is 4.88. The van der Waals surface area contributed by atoms with Crippen LogP contribution >= 0.6 is 0 Å². The van der Waals surface area contributed by atoms with E-state index in [9.17, 15) is 23.2 Å². The first kappa shape index (κ1) is 22.8. The summed E-state index contributed by atoms with van der Waals surface area (Å²) in [6.07, 6.45) is 2.82. The first-order valence-corrected chi connectivity index (χ1v) is 10.1. The number of nitrogens with zero attached hydrogens (tertiary/aromatic N) is 2. The Balaban J connectivity index is 1.64. The van der Waals surface area contributed by atoms with Crippen LogP contribution in [0.15, 0.2) is 18.2 Å². The van der Waals surface area contributed by atoms with Crippen LogP contribution in [-0.2, 0) is 16.1 Å². The number of rotatable bonds is 7. The van der Waals surface area contributed by atoms with Crippen LogP contribution in [0.4, 0.5) is 13.6 Å². The van der Waals surface area contributed by atoms with Gasteiger partial charge in [0.15, 0.2) is 11.5 Å². The summed E-state index contributed by atoms with van der Waals surface area (Å²) >= 11 is 0. The fraction of sp³-hybridized carbons (Fsp3) is 0.571. The molecule has 170 valence electrons. The van der Waals surface area contributed by atoms with Gasteiger partial charge in [-0.1, -0.05) is 13.0 Å². The molecule has 1 saturated heterocycles. The Morgan fingerprint density at radius 1 is 1.29 bits per heavy atom. The minimum absolute atomic E-state index is 0.0781. The fourth-order valence-corrected chi connectivity index (χ4v) is 4.04. The summed E-state index contributed by atoms with van der Waals surface area (Å²) in [5, 5.41) is 2.79. The molecular formula is C21H27F2N3O5. The second-order valence-electron chi connectivity index (χ2n) is 8.20. The maximum Gasteiger partial charge on any atom is 0.387 e. The highest BCUT2D eigenvalue weighted by Gasteiger charge is 2.52. The van der Waals surface area contributed by atoms with E-state index in [0.29, 0.717) is 24.3 Å². The van der Waals surface area contributed by atoms with Gasteiger partial charge in [0.2, 0.25) is 5.91 Å². The number of carbonyl (C=O) groups excluding carboxylic acids is 3. The molecule has 2 aliphatic rings. The molecule has 10 heteroatoms. The normalized spacial score (nSPS) is 23.3. The molecule has 8 nitrogen and oxygen atoms in total. The Morgan fingerprint density at radius 3 is 2.58 bits per heavy atom. The first-order valence-electron chi connectivity index (χ1n) is 10.1. The van der Waals surface area contributed by atoms with Gasteiger partial charge in [0.25, 0.3) is 5.91 Å². The van der Waals surface area contributed by atoms with E-state index in [2.05, 4.69) is 17.0 Å². The van der Waals surface area contributed by atoms with Crippen LogP contribution < -0.4 is 14.8 Å². The molecule has 0 aromatic heterocycles. The molecule has 1 aromatic carbocycles. The molecule has 4 amide bonds. The topological polar surface area (TPSA) is 88.2 Å². The minimum atomic E-state index is -3.02. The molecule has 31 heavy (non-hydrogen) atoms. The van der Waals surface area contributed by atoms with Crippen molar-refractivity contribution in [3.05, 3.63) is 23.8 Å². The molecule has 2 fully saturated rings. The number of methoxy groups -OCH3 is 1. The highest BCUT2D eigenvalue weighted by atomic mass is 19.3. The zero-order valence-corrected chi connectivity index (χ0v) is 17.8. The monoisotopic (exact) mass is 439 g/mol. The number of urea groups is 1. The molecule has 0 radical (unpaired) electrons. The smallest absolute Gasteiger partial charge is 0.387 e. The Labute approximate surface area is 179 Å². The lowest BCUT2D eigenvalue weighted by molar-refractivity contribution is -0.139. The molecule has 1 N–H and O–H groups in total. The highest BCUT2D eigenvalue weighted by molar-refractivity contribution is 6.09. The van der Waals surface area contributed by atoms with Crippen molar-refractivity contribution < 1.29 is 32.6 Å². The van der Waals surface area contributed by atoms with E-state index in [-0.39, 0.29) is 30.5 Å². The SMILES string of the molecule is COc1ccc(CN(C)C(=O)CN2C(=O)NC3(CCC(C)CC3)C2=O)cc1OC(F)F. The van der Waals surface area contributed by atoms with Gasteiger partial charge in [0.05, 0.1) is 7.11 Å². The third-order valence-electron chi connectivity index (χ3n) is 5.96. The molecule has 1 spiro atoms. The second-order valence-corrected chi connectivity index (χ2v) is 8.20. The summed E-state index contributed by atoms with van der Waals surface area (Å²) < 4.78 is 34.7. The largest absolute Gasteiger partial charge is 0.493 e. The standard InChI is InChI=1S/C21H27F2N3O5/c1-13-6-8-21(9-7-13)18(28)26(20(29)24-21)12-17(27)25(2)11-14-4-5-15(30-3)16(10-14)31-19(22)23/h4-5,10,13,19H,6-9,11-12H2,1-3H3,(H,24,29). The fourth-order valence-electron chi connectivity index (χ4n) is 4.04. The van der Waals surface area contributed by atoms with Crippen molar-refractivity contribution in [2.24, 2.45) is 5.92 Å². The van der Waals surface area contributed by atoms with Crippen molar-refractivity contribution in [1.29, 1.82) is 0 Å². The van der Waals surface area contributed by atoms with Crippen LogP contribution in [0.3, 0.4) is 0 Å². The van der Waals surface area contributed by atoms with E-state index in [0.717, 1.165) is 17.7 Å². The number of halogens is 2. The average Bonchev–Trinajstić information content (AvgIpc) is 2.94. The lowest BCUT2D eigenvalue weighted by atomic mass is 9.77. The number of hydrogen-bond donors (Lipinski definition) is 1. The molecule has 1 saturated carbocycles.